The number of nitrogens with one attached hydrogen (secondary N) is 1. The van der Waals surface area contributed by atoms with E-state index in [1.165, 1.54) is 0 Å². The molecule has 0 rings (SSSR count). The van der Waals surface area contributed by atoms with Crippen LogP contribution >= 0.6 is 0 Å². The zero-order valence-corrected chi connectivity index (χ0v) is 8.89. The van der Waals surface area contributed by atoms with Crippen LogP contribution in [0.25, 0.3) is 0 Å². The third-order valence-electron chi connectivity index (χ3n) is 2.05. The van der Waals surface area contributed by atoms with Gasteiger partial charge in [-0.2, -0.15) is 0 Å². The number of rotatable bonds is 5. The third kappa shape index (κ3) is 4.24. The van der Waals surface area contributed by atoms with Gasteiger partial charge in [-0.15, -0.1) is 0 Å². The van der Waals surface area contributed by atoms with Gasteiger partial charge in [0.1, 0.15) is 0 Å². The molecule has 0 saturated carbocycles. The Morgan fingerprint density at radius 1 is 1.62 bits per heavy atom. The van der Waals surface area contributed by atoms with Crippen molar-refractivity contribution in [2.24, 2.45) is 11.3 Å². The lowest BCUT2D eigenvalue weighted by Crippen LogP contribution is -2.43. The fraction of sp³-hybridized carbons (Fsp3) is 0.889. The summed E-state index contributed by atoms with van der Waals surface area (Å²) in [5.74, 6) is 4.84. The first-order chi connectivity index (χ1) is 5.94. The molecule has 4 heteroatoms. The molecule has 78 valence electrons. The standard InChI is InChI=1S/C9H20N2O2/c1-5-7(2)13-6-9(3,4)8(12)11-10/h7H,5-6,10H2,1-4H3,(H,11,12). The molecular formula is C9H20N2O2. The second-order valence-electron chi connectivity index (χ2n) is 3.89. The van der Waals surface area contributed by atoms with E-state index in [4.69, 9.17) is 10.6 Å². The molecule has 0 bridgehead atoms. The summed E-state index contributed by atoms with van der Waals surface area (Å²) in [5, 5.41) is 0. The van der Waals surface area contributed by atoms with Crippen molar-refractivity contribution in [3.63, 3.8) is 0 Å². The zero-order chi connectivity index (χ0) is 10.5. The van der Waals surface area contributed by atoms with Gasteiger partial charge in [-0.3, -0.25) is 10.2 Å². The molecular weight excluding hydrogens is 168 g/mol. The van der Waals surface area contributed by atoms with Gasteiger partial charge >= 0.3 is 0 Å². The Morgan fingerprint density at radius 3 is 2.54 bits per heavy atom. The van der Waals surface area contributed by atoms with Gasteiger partial charge in [0, 0.05) is 0 Å². The van der Waals surface area contributed by atoms with Gasteiger partial charge in [0.05, 0.1) is 18.1 Å². The van der Waals surface area contributed by atoms with Crippen molar-refractivity contribution in [3.05, 3.63) is 0 Å². The van der Waals surface area contributed by atoms with Crippen LogP contribution in [0.1, 0.15) is 34.1 Å². The molecule has 0 spiro atoms. The van der Waals surface area contributed by atoms with Gasteiger partial charge < -0.3 is 4.74 Å². The minimum atomic E-state index is -0.557. The normalized spacial score (nSPS) is 13.9. The van der Waals surface area contributed by atoms with E-state index in [0.29, 0.717) is 6.61 Å². The van der Waals surface area contributed by atoms with E-state index in [1.807, 2.05) is 13.8 Å². The average molecular weight is 188 g/mol. The van der Waals surface area contributed by atoms with E-state index < -0.39 is 5.41 Å². The number of hydrazine groups is 1. The molecule has 1 atom stereocenters. The molecule has 4 nitrogen and oxygen atoms in total. The first kappa shape index (κ1) is 12.4. The maximum Gasteiger partial charge on any atom is 0.241 e. The van der Waals surface area contributed by atoms with E-state index in [1.54, 1.807) is 13.8 Å². The minimum absolute atomic E-state index is 0.185. The molecule has 0 aromatic carbocycles. The Bertz CT molecular complexity index is 169. The van der Waals surface area contributed by atoms with E-state index in [0.717, 1.165) is 6.42 Å². The van der Waals surface area contributed by atoms with Gasteiger partial charge in [0.15, 0.2) is 0 Å². The summed E-state index contributed by atoms with van der Waals surface area (Å²) in [6, 6.07) is 0. The highest BCUT2D eigenvalue weighted by Gasteiger charge is 2.27. The summed E-state index contributed by atoms with van der Waals surface area (Å²) < 4.78 is 5.46. The lowest BCUT2D eigenvalue weighted by Gasteiger charge is -2.23. The molecule has 0 saturated heterocycles. The van der Waals surface area contributed by atoms with E-state index >= 15 is 0 Å². The molecule has 0 radical (unpaired) electrons. The van der Waals surface area contributed by atoms with E-state index in [2.05, 4.69) is 5.43 Å². The molecule has 1 amide bonds. The highest BCUT2D eigenvalue weighted by molar-refractivity contribution is 5.81. The predicted octanol–water partition coefficient (Wildman–Crippen LogP) is 0.818. The number of carbonyl (C=O) groups excluding carboxylic acids is 1. The summed E-state index contributed by atoms with van der Waals surface area (Å²) in [6.07, 6.45) is 1.13. The Balaban J connectivity index is 3.95. The van der Waals surface area contributed by atoms with Crippen LogP contribution in [0.3, 0.4) is 0 Å². The summed E-state index contributed by atoms with van der Waals surface area (Å²) in [5.41, 5.74) is 1.57. The topological polar surface area (TPSA) is 64.3 Å². The van der Waals surface area contributed by atoms with Crippen molar-refractivity contribution >= 4 is 5.91 Å². The summed E-state index contributed by atoms with van der Waals surface area (Å²) in [6.45, 7) is 8.03. The molecule has 0 aromatic heterocycles. The van der Waals surface area contributed by atoms with Crippen molar-refractivity contribution in [1.82, 2.24) is 5.43 Å². The van der Waals surface area contributed by atoms with Crippen LogP contribution in [-0.4, -0.2) is 18.6 Å². The van der Waals surface area contributed by atoms with Crippen molar-refractivity contribution < 1.29 is 9.53 Å². The largest absolute Gasteiger partial charge is 0.377 e. The molecule has 13 heavy (non-hydrogen) atoms. The monoisotopic (exact) mass is 188 g/mol. The Labute approximate surface area is 79.8 Å². The molecule has 0 aliphatic carbocycles. The van der Waals surface area contributed by atoms with Crippen LogP contribution in [0.15, 0.2) is 0 Å². The van der Waals surface area contributed by atoms with Gasteiger partial charge in [-0.05, 0) is 27.2 Å². The van der Waals surface area contributed by atoms with Gasteiger partial charge in [0.25, 0.3) is 0 Å². The molecule has 0 aliphatic rings. The SMILES string of the molecule is CCC(C)OCC(C)(C)C(=O)NN. The van der Waals surface area contributed by atoms with Gasteiger partial charge in [-0.25, -0.2) is 5.84 Å². The fourth-order valence-electron chi connectivity index (χ4n) is 0.729. The van der Waals surface area contributed by atoms with Gasteiger partial charge in [0.2, 0.25) is 5.91 Å². The Hall–Kier alpha value is -0.610. The lowest BCUT2D eigenvalue weighted by molar-refractivity contribution is -0.133. The summed E-state index contributed by atoms with van der Waals surface area (Å²) >= 11 is 0. The van der Waals surface area contributed by atoms with Gasteiger partial charge in [-0.1, -0.05) is 6.92 Å². The number of hydrogen-bond acceptors (Lipinski definition) is 3. The van der Waals surface area contributed by atoms with Crippen LogP contribution in [0.2, 0.25) is 0 Å². The summed E-state index contributed by atoms with van der Waals surface area (Å²) in [4.78, 5) is 11.2. The number of carbonyl (C=O) groups is 1. The van der Waals surface area contributed by atoms with Crippen molar-refractivity contribution in [2.45, 2.75) is 40.2 Å². The first-order valence-electron chi connectivity index (χ1n) is 4.56. The van der Waals surface area contributed by atoms with E-state index in [-0.39, 0.29) is 12.0 Å². The number of nitrogens with two attached hydrogens (primary N) is 1. The highest BCUT2D eigenvalue weighted by atomic mass is 16.5. The maximum absolute atomic E-state index is 11.2. The van der Waals surface area contributed by atoms with Crippen LogP contribution in [0.5, 0.6) is 0 Å². The number of hydrogen-bond donors (Lipinski definition) is 2. The Morgan fingerprint density at radius 2 is 2.15 bits per heavy atom. The average Bonchev–Trinajstić information content (AvgIpc) is 2.12. The van der Waals surface area contributed by atoms with Crippen LogP contribution < -0.4 is 11.3 Å². The summed E-state index contributed by atoms with van der Waals surface area (Å²) in [7, 11) is 0. The zero-order valence-electron chi connectivity index (χ0n) is 8.89. The quantitative estimate of drug-likeness (QED) is 0.381. The van der Waals surface area contributed by atoms with Crippen molar-refractivity contribution in [3.8, 4) is 0 Å². The first-order valence-corrected chi connectivity index (χ1v) is 4.56. The molecule has 0 fully saturated rings. The highest BCUT2D eigenvalue weighted by Crippen LogP contribution is 2.16. The van der Waals surface area contributed by atoms with Crippen LogP contribution in [-0.2, 0) is 9.53 Å². The molecule has 3 N–H and O–H groups in total. The predicted molar refractivity (Wildman–Crippen MR) is 51.8 cm³/mol. The smallest absolute Gasteiger partial charge is 0.241 e. The van der Waals surface area contributed by atoms with E-state index in [9.17, 15) is 4.79 Å². The molecule has 0 aliphatic heterocycles. The van der Waals surface area contributed by atoms with Crippen molar-refractivity contribution in [1.29, 1.82) is 0 Å². The third-order valence-corrected chi connectivity index (χ3v) is 2.05. The van der Waals surface area contributed by atoms with Crippen LogP contribution in [0, 0.1) is 5.41 Å². The second kappa shape index (κ2) is 5.19. The minimum Gasteiger partial charge on any atom is -0.377 e. The second-order valence-corrected chi connectivity index (χ2v) is 3.89. The van der Waals surface area contributed by atoms with Crippen LogP contribution in [0.4, 0.5) is 0 Å². The van der Waals surface area contributed by atoms with Crippen molar-refractivity contribution in [2.75, 3.05) is 6.61 Å². The molecule has 0 heterocycles. The lowest BCUT2D eigenvalue weighted by atomic mass is 9.94. The number of ether oxygens (including phenoxy) is 1. The maximum atomic E-state index is 11.2. The molecule has 1 unspecified atom stereocenters. The molecule has 0 aromatic rings. The Kier molecular flexibility index (Phi) is 4.95. The fourth-order valence-corrected chi connectivity index (χ4v) is 0.729. The number of amides is 1.